The molecule has 26 heavy (non-hydrogen) atoms. The van der Waals surface area contributed by atoms with Gasteiger partial charge in [-0.2, -0.15) is 0 Å². The Bertz CT molecular complexity index is 808. The molecule has 1 fully saturated rings. The number of halogens is 1. The van der Waals surface area contributed by atoms with E-state index in [9.17, 15) is 14.0 Å². The number of hydrogen-bond acceptors (Lipinski definition) is 3. The molecule has 3 rings (SSSR count). The van der Waals surface area contributed by atoms with Crippen molar-refractivity contribution in [3.8, 4) is 5.75 Å². The van der Waals surface area contributed by atoms with Crippen LogP contribution in [0.25, 0.3) is 0 Å². The van der Waals surface area contributed by atoms with Gasteiger partial charge in [0.25, 0.3) is 5.91 Å². The van der Waals surface area contributed by atoms with E-state index in [1.54, 1.807) is 30.3 Å². The zero-order chi connectivity index (χ0) is 18.5. The Morgan fingerprint density at radius 3 is 2.69 bits per heavy atom. The summed E-state index contributed by atoms with van der Waals surface area (Å²) in [5.74, 6) is -1.37. The van der Waals surface area contributed by atoms with Crippen molar-refractivity contribution in [2.75, 3.05) is 0 Å². The molecule has 2 aromatic rings. The van der Waals surface area contributed by atoms with E-state index >= 15 is 0 Å². The minimum atomic E-state index is -0.807. The fourth-order valence-corrected chi connectivity index (χ4v) is 3.13. The maximum absolute atomic E-state index is 13.2. The molecule has 5 nitrogen and oxygen atoms in total. The molecule has 0 unspecified atom stereocenters. The number of ether oxygens (including phenoxy) is 1. The molecule has 6 heteroatoms. The van der Waals surface area contributed by atoms with Crippen molar-refractivity contribution < 1.29 is 23.8 Å². The van der Waals surface area contributed by atoms with E-state index in [0.717, 1.165) is 5.56 Å². The van der Waals surface area contributed by atoms with E-state index in [2.05, 4.69) is 5.32 Å². The Balaban J connectivity index is 1.58. The Hall–Kier alpha value is -2.89. The molecule has 1 saturated carbocycles. The Morgan fingerprint density at radius 1 is 1.15 bits per heavy atom. The highest BCUT2D eigenvalue weighted by Crippen LogP contribution is 2.26. The number of carbonyl (C=O) groups excluding carboxylic acids is 1. The van der Waals surface area contributed by atoms with E-state index in [-0.39, 0.29) is 30.3 Å². The number of nitrogens with one attached hydrogen (secondary N) is 1. The predicted octanol–water partition coefficient (Wildman–Crippen LogP) is 3.39. The number of hydrogen-bond donors (Lipinski definition) is 2. The average molecular weight is 357 g/mol. The summed E-state index contributed by atoms with van der Waals surface area (Å²) in [7, 11) is 0. The molecule has 0 radical (unpaired) electrons. The van der Waals surface area contributed by atoms with Gasteiger partial charge in [-0.25, -0.2) is 4.39 Å². The van der Waals surface area contributed by atoms with E-state index in [0.29, 0.717) is 30.6 Å². The second-order valence-electron chi connectivity index (χ2n) is 6.47. The zero-order valence-electron chi connectivity index (χ0n) is 14.2. The molecule has 1 amide bonds. The van der Waals surface area contributed by atoms with Crippen molar-refractivity contribution in [3.63, 3.8) is 0 Å². The summed E-state index contributed by atoms with van der Waals surface area (Å²) in [6, 6.07) is 12.8. The lowest BCUT2D eigenvalue weighted by atomic mass is 10.1. The number of carbonyl (C=O) groups is 2. The van der Waals surface area contributed by atoms with Crippen molar-refractivity contribution in [1.82, 2.24) is 5.32 Å². The molecule has 0 aromatic heterocycles. The van der Waals surface area contributed by atoms with Crippen LogP contribution in [0.2, 0.25) is 0 Å². The monoisotopic (exact) mass is 357 g/mol. The van der Waals surface area contributed by atoms with Crippen molar-refractivity contribution in [3.05, 3.63) is 65.5 Å². The smallest absolute Gasteiger partial charge is 0.306 e. The molecular weight excluding hydrogens is 337 g/mol. The maximum Gasteiger partial charge on any atom is 0.306 e. The molecule has 0 aliphatic heterocycles. The van der Waals surface area contributed by atoms with Crippen LogP contribution in [0, 0.1) is 11.7 Å². The molecular formula is C20H20FNO4. The number of aliphatic carboxylic acids is 1. The summed E-state index contributed by atoms with van der Waals surface area (Å²) in [6.07, 6.45) is 1.72. The SMILES string of the molecule is O=C(N[C@@H]1CC[C@H](C(=O)O)C1)c1cccc(COc2cccc(F)c2)c1. The average Bonchev–Trinajstić information content (AvgIpc) is 3.09. The highest BCUT2D eigenvalue weighted by molar-refractivity contribution is 5.94. The third-order valence-corrected chi connectivity index (χ3v) is 4.51. The number of carboxylic acid groups (broad SMARTS) is 1. The zero-order valence-corrected chi connectivity index (χ0v) is 14.2. The quantitative estimate of drug-likeness (QED) is 0.831. The van der Waals surface area contributed by atoms with E-state index < -0.39 is 5.97 Å². The van der Waals surface area contributed by atoms with Crippen LogP contribution in [0.1, 0.15) is 35.2 Å². The summed E-state index contributed by atoms with van der Waals surface area (Å²) in [4.78, 5) is 23.4. The molecule has 0 spiro atoms. The van der Waals surface area contributed by atoms with Gasteiger partial charge in [0.05, 0.1) is 5.92 Å². The molecule has 1 aliphatic carbocycles. The number of carboxylic acids is 1. The summed E-state index contributed by atoms with van der Waals surface area (Å²) in [5, 5.41) is 11.9. The lowest BCUT2D eigenvalue weighted by Crippen LogP contribution is -2.33. The molecule has 0 saturated heterocycles. The van der Waals surface area contributed by atoms with Gasteiger partial charge in [0.2, 0.25) is 0 Å². The second kappa shape index (κ2) is 7.99. The fourth-order valence-electron chi connectivity index (χ4n) is 3.13. The minimum Gasteiger partial charge on any atom is -0.489 e. The minimum absolute atomic E-state index is 0.115. The van der Waals surface area contributed by atoms with Crippen LogP contribution in [0.5, 0.6) is 5.75 Å². The van der Waals surface area contributed by atoms with Gasteiger partial charge in [-0.15, -0.1) is 0 Å². The molecule has 0 bridgehead atoms. The molecule has 2 atom stereocenters. The predicted molar refractivity (Wildman–Crippen MR) is 93.4 cm³/mol. The summed E-state index contributed by atoms with van der Waals surface area (Å²) < 4.78 is 18.7. The van der Waals surface area contributed by atoms with Gasteiger partial charge in [0.1, 0.15) is 18.2 Å². The third-order valence-electron chi connectivity index (χ3n) is 4.51. The second-order valence-corrected chi connectivity index (χ2v) is 6.47. The van der Waals surface area contributed by atoms with Crippen LogP contribution in [-0.2, 0) is 11.4 Å². The maximum atomic E-state index is 13.2. The topological polar surface area (TPSA) is 75.6 Å². The Labute approximate surface area is 150 Å². The van der Waals surface area contributed by atoms with Gasteiger partial charge in [-0.3, -0.25) is 9.59 Å². The van der Waals surface area contributed by atoms with E-state index in [4.69, 9.17) is 9.84 Å². The first-order valence-corrected chi connectivity index (χ1v) is 8.52. The molecule has 2 aromatic carbocycles. The van der Waals surface area contributed by atoms with Gasteiger partial charge >= 0.3 is 5.97 Å². The van der Waals surface area contributed by atoms with E-state index in [1.165, 1.54) is 12.1 Å². The lowest BCUT2D eigenvalue weighted by molar-refractivity contribution is -0.141. The van der Waals surface area contributed by atoms with Crippen LogP contribution in [-0.4, -0.2) is 23.0 Å². The van der Waals surface area contributed by atoms with Crippen molar-refractivity contribution in [2.24, 2.45) is 5.92 Å². The standard InChI is InChI=1S/C20H20FNO4/c21-16-5-2-6-18(11-16)26-12-13-3-1-4-14(9-13)19(23)22-17-8-7-15(10-17)20(24)25/h1-6,9,11,15,17H,7-8,10,12H2,(H,22,23)(H,24,25)/t15-,17+/m0/s1. The highest BCUT2D eigenvalue weighted by atomic mass is 19.1. The largest absolute Gasteiger partial charge is 0.489 e. The van der Waals surface area contributed by atoms with Crippen LogP contribution >= 0.6 is 0 Å². The van der Waals surface area contributed by atoms with Gasteiger partial charge in [-0.05, 0) is 49.1 Å². The van der Waals surface area contributed by atoms with Crippen molar-refractivity contribution >= 4 is 11.9 Å². The summed E-state index contributed by atoms with van der Waals surface area (Å²) in [5.41, 5.74) is 1.28. The first-order chi connectivity index (χ1) is 12.5. The van der Waals surface area contributed by atoms with Crippen molar-refractivity contribution in [2.45, 2.75) is 31.9 Å². The first-order valence-electron chi connectivity index (χ1n) is 8.52. The van der Waals surface area contributed by atoms with Crippen molar-refractivity contribution in [1.29, 1.82) is 0 Å². The number of benzene rings is 2. The van der Waals surface area contributed by atoms with E-state index in [1.807, 2.05) is 6.07 Å². The Morgan fingerprint density at radius 2 is 1.96 bits per heavy atom. The number of rotatable bonds is 6. The van der Waals surface area contributed by atoms with Crippen LogP contribution in [0.15, 0.2) is 48.5 Å². The fraction of sp³-hybridized carbons (Fsp3) is 0.300. The third kappa shape index (κ3) is 4.59. The summed E-state index contributed by atoms with van der Waals surface area (Å²) in [6.45, 7) is 0.217. The van der Waals surface area contributed by atoms with Crippen LogP contribution in [0.3, 0.4) is 0 Å². The van der Waals surface area contributed by atoms with Crippen LogP contribution < -0.4 is 10.1 Å². The van der Waals surface area contributed by atoms with Gasteiger partial charge < -0.3 is 15.2 Å². The Kier molecular flexibility index (Phi) is 5.51. The first kappa shape index (κ1) is 17.9. The molecule has 2 N–H and O–H groups in total. The molecule has 136 valence electrons. The molecule has 0 heterocycles. The number of amides is 1. The van der Waals surface area contributed by atoms with Crippen LogP contribution in [0.4, 0.5) is 4.39 Å². The molecule has 1 aliphatic rings. The summed E-state index contributed by atoms with van der Waals surface area (Å²) >= 11 is 0. The lowest BCUT2D eigenvalue weighted by Gasteiger charge is -2.13. The van der Waals surface area contributed by atoms with Gasteiger partial charge in [-0.1, -0.05) is 18.2 Å². The highest BCUT2D eigenvalue weighted by Gasteiger charge is 2.30. The normalized spacial score (nSPS) is 19.1. The van der Waals surface area contributed by atoms with Gasteiger partial charge in [0.15, 0.2) is 0 Å². The van der Waals surface area contributed by atoms with Gasteiger partial charge in [0, 0.05) is 17.7 Å².